The molecule has 0 bridgehead atoms. The molecule has 1 aromatic heterocycles. The summed E-state index contributed by atoms with van der Waals surface area (Å²) >= 11 is 0.726. The number of esters is 1. The second-order valence-corrected chi connectivity index (χ2v) is 6.88. The van der Waals surface area contributed by atoms with Crippen LogP contribution in [0.4, 0.5) is 0 Å². The molecule has 0 saturated carbocycles. The third-order valence-corrected chi connectivity index (χ3v) is 5.37. The van der Waals surface area contributed by atoms with Crippen LogP contribution < -0.4 is 4.72 Å². The molecule has 0 amide bonds. The number of carboxylic acids is 1. The number of carboxylic acid groups (broad SMARTS) is 1. The molecule has 0 aliphatic rings. The van der Waals surface area contributed by atoms with Crippen LogP contribution >= 0.6 is 11.3 Å². The van der Waals surface area contributed by atoms with Crippen LogP contribution in [0.25, 0.3) is 0 Å². The molecule has 114 valence electrons. The van der Waals surface area contributed by atoms with Crippen LogP contribution in [-0.4, -0.2) is 38.6 Å². The van der Waals surface area contributed by atoms with Gasteiger partial charge in [0, 0.05) is 6.42 Å². The molecule has 0 fully saturated rings. The van der Waals surface area contributed by atoms with Gasteiger partial charge in [-0.3, -0.25) is 9.59 Å². The van der Waals surface area contributed by atoms with E-state index in [1.165, 1.54) is 12.1 Å². The minimum absolute atomic E-state index is 0.164. The van der Waals surface area contributed by atoms with Gasteiger partial charge in [0.15, 0.2) is 0 Å². The summed E-state index contributed by atoms with van der Waals surface area (Å²) in [7, 11) is -2.91. The van der Waals surface area contributed by atoms with Crippen molar-refractivity contribution >= 4 is 33.3 Å². The van der Waals surface area contributed by atoms with E-state index in [1.807, 2.05) is 4.72 Å². The molecular formula is C11H12N2O6S2. The van der Waals surface area contributed by atoms with Crippen LogP contribution in [0.5, 0.6) is 0 Å². The maximum absolute atomic E-state index is 12.0. The van der Waals surface area contributed by atoms with Gasteiger partial charge >= 0.3 is 11.9 Å². The molecule has 0 spiro atoms. The summed E-state index contributed by atoms with van der Waals surface area (Å²) < 4.78 is 30.2. The predicted molar refractivity (Wildman–Crippen MR) is 72.0 cm³/mol. The number of nitrogens with one attached hydrogen (secondary N) is 1. The van der Waals surface area contributed by atoms with Crippen molar-refractivity contribution in [3.63, 3.8) is 0 Å². The largest absolute Gasteiger partial charge is 0.480 e. The molecule has 1 heterocycles. The maximum Gasteiger partial charge on any atom is 0.321 e. The van der Waals surface area contributed by atoms with Crippen LogP contribution in [0, 0.1) is 11.3 Å². The molecule has 0 radical (unpaired) electrons. The fraction of sp³-hybridized carbons (Fsp3) is 0.364. The number of carbonyl (C=O) groups is 2. The minimum atomic E-state index is -4.06. The molecule has 10 heteroatoms. The van der Waals surface area contributed by atoms with E-state index >= 15 is 0 Å². The van der Waals surface area contributed by atoms with E-state index in [0.717, 1.165) is 18.4 Å². The number of nitrogens with zero attached hydrogens (tertiary/aromatic N) is 1. The summed E-state index contributed by atoms with van der Waals surface area (Å²) in [5.41, 5.74) is 0. The van der Waals surface area contributed by atoms with Gasteiger partial charge < -0.3 is 9.84 Å². The van der Waals surface area contributed by atoms with Gasteiger partial charge in [0.1, 0.15) is 21.2 Å². The van der Waals surface area contributed by atoms with Gasteiger partial charge in [-0.1, -0.05) is 0 Å². The van der Waals surface area contributed by atoms with Crippen molar-refractivity contribution < 1.29 is 27.9 Å². The number of thiophene rings is 1. The van der Waals surface area contributed by atoms with Crippen molar-refractivity contribution in [1.29, 1.82) is 5.26 Å². The Labute approximate surface area is 125 Å². The Morgan fingerprint density at radius 2 is 2.19 bits per heavy atom. The topological polar surface area (TPSA) is 134 Å². The van der Waals surface area contributed by atoms with E-state index in [0.29, 0.717) is 0 Å². The van der Waals surface area contributed by atoms with E-state index < -0.39 is 28.0 Å². The molecule has 0 aliphatic heterocycles. The highest BCUT2D eigenvalue weighted by atomic mass is 32.2. The number of hydrogen-bond acceptors (Lipinski definition) is 7. The van der Waals surface area contributed by atoms with Crippen LogP contribution in [0.15, 0.2) is 16.3 Å². The highest BCUT2D eigenvalue weighted by Crippen LogP contribution is 2.21. The number of methoxy groups -OCH3 is 1. The summed E-state index contributed by atoms with van der Waals surface area (Å²) in [6, 6.07) is 2.87. The van der Waals surface area contributed by atoms with Crippen molar-refractivity contribution in [2.45, 2.75) is 23.1 Å². The van der Waals surface area contributed by atoms with Crippen LogP contribution in [0.3, 0.4) is 0 Å². The molecule has 2 N–H and O–H groups in total. The minimum Gasteiger partial charge on any atom is -0.480 e. The quantitative estimate of drug-likeness (QED) is 0.686. The fourth-order valence-electron chi connectivity index (χ4n) is 1.37. The normalized spacial score (nSPS) is 12.4. The lowest BCUT2D eigenvalue weighted by Gasteiger charge is -2.13. The van der Waals surface area contributed by atoms with Crippen molar-refractivity contribution in [1.82, 2.24) is 4.72 Å². The SMILES string of the molecule is COC(=O)CC[C@H](NS(=O)(=O)c1ccc(C#N)s1)C(=O)O. The molecular weight excluding hydrogens is 320 g/mol. The third-order valence-electron chi connectivity index (χ3n) is 2.42. The van der Waals surface area contributed by atoms with E-state index in [-0.39, 0.29) is 21.9 Å². The molecule has 8 nitrogen and oxygen atoms in total. The first-order chi connectivity index (χ1) is 9.80. The average Bonchev–Trinajstić information content (AvgIpc) is 2.92. The maximum atomic E-state index is 12.0. The molecule has 0 unspecified atom stereocenters. The number of aliphatic carboxylic acids is 1. The van der Waals surface area contributed by atoms with Gasteiger partial charge in [-0.05, 0) is 18.6 Å². The smallest absolute Gasteiger partial charge is 0.321 e. The van der Waals surface area contributed by atoms with Gasteiger partial charge in [0.05, 0.1) is 7.11 Å². The molecule has 21 heavy (non-hydrogen) atoms. The van der Waals surface area contributed by atoms with E-state index in [4.69, 9.17) is 10.4 Å². The van der Waals surface area contributed by atoms with Gasteiger partial charge in [0.2, 0.25) is 0 Å². The standard InChI is InChI=1S/C11H12N2O6S2/c1-19-9(14)4-3-8(11(15)16)13-21(17,18)10-5-2-7(6-12)20-10/h2,5,8,13H,3-4H2,1H3,(H,15,16)/t8-/m0/s1. The first-order valence-electron chi connectivity index (χ1n) is 5.62. The fourth-order valence-corrected chi connectivity index (χ4v) is 3.71. The molecule has 0 aliphatic carbocycles. The Hall–Kier alpha value is -1.96. The number of hydrogen-bond donors (Lipinski definition) is 2. The zero-order chi connectivity index (χ0) is 16.0. The number of carbonyl (C=O) groups excluding carboxylic acids is 1. The van der Waals surface area contributed by atoms with Crippen LogP contribution in [0.1, 0.15) is 17.7 Å². The summed E-state index contributed by atoms with van der Waals surface area (Å²) in [5.74, 6) is -2.04. The Morgan fingerprint density at radius 1 is 1.52 bits per heavy atom. The predicted octanol–water partition coefficient (Wildman–Crippen LogP) is 0.304. The number of nitriles is 1. The lowest BCUT2D eigenvalue weighted by Crippen LogP contribution is -2.40. The Balaban J connectivity index is 2.85. The van der Waals surface area contributed by atoms with E-state index in [2.05, 4.69) is 4.74 Å². The average molecular weight is 332 g/mol. The van der Waals surface area contributed by atoms with Crippen molar-refractivity contribution in [3.8, 4) is 6.07 Å². The van der Waals surface area contributed by atoms with Gasteiger partial charge in [-0.2, -0.15) is 9.98 Å². The highest BCUT2D eigenvalue weighted by Gasteiger charge is 2.27. The third kappa shape index (κ3) is 4.82. The van der Waals surface area contributed by atoms with Crippen LogP contribution in [0.2, 0.25) is 0 Å². The Bertz CT molecular complexity index is 673. The molecule has 1 atom stereocenters. The summed E-state index contributed by atoms with van der Waals surface area (Å²) in [6.45, 7) is 0. The van der Waals surface area contributed by atoms with Crippen LogP contribution in [-0.2, 0) is 24.3 Å². The highest BCUT2D eigenvalue weighted by molar-refractivity contribution is 7.91. The second kappa shape index (κ2) is 7.16. The monoisotopic (exact) mass is 332 g/mol. The summed E-state index contributed by atoms with van der Waals surface area (Å²) in [4.78, 5) is 22.2. The molecule has 0 aromatic carbocycles. The lowest BCUT2D eigenvalue weighted by molar-refractivity contribution is -0.142. The lowest BCUT2D eigenvalue weighted by atomic mass is 10.2. The zero-order valence-electron chi connectivity index (χ0n) is 10.9. The van der Waals surface area contributed by atoms with Gasteiger partial charge in [0.25, 0.3) is 10.0 Å². The number of sulfonamides is 1. The first-order valence-corrected chi connectivity index (χ1v) is 7.92. The number of ether oxygens (including phenoxy) is 1. The summed E-state index contributed by atoms with van der Waals surface area (Å²) in [5, 5.41) is 17.7. The van der Waals surface area contributed by atoms with E-state index in [1.54, 1.807) is 6.07 Å². The van der Waals surface area contributed by atoms with Crippen molar-refractivity contribution in [2.24, 2.45) is 0 Å². The zero-order valence-corrected chi connectivity index (χ0v) is 12.5. The van der Waals surface area contributed by atoms with E-state index in [9.17, 15) is 18.0 Å². The summed E-state index contributed by atoms with van der Waals surface area (Å²) in [6.07, 6.45) is -0.471. The first kappa shape index (κ1) is 17.1. The second-order valence-electron chi connectivity index (χ2n) is 3.86. The van der Waals surface area contributed by atoms with Crippen molar-refractivity contribution in [2.75, 3.05) is 7.11 Å². The van der Waals surface area contributed by atoms with Gasteiger partial charge in [-0.25, -0.2) is 8.42 Å². The number of rotatable bonds is 7. The molecule has 0 saturated heterocycles. The Kier molecular flexibility index (Phi) is 5.83. The molecule has 1 aromatic rings. The molecule has 1 rings (SSSR count). The van der Waals surface area contributed by atoms with Crippen molar-refractivity contribution in [3.05, 3.63) is 17.0 Å². The Morgan fingerprint density at radius 3 is 2.67 bits per heavy atom. The van der Waals surface area contributed by atoms with Gasteiger partial charge in [-0.15, -0.1) is 11.3 Å².